The molecule has 7 heteroatoms. The van der Waals surface area contributed by atoms with E-state index in [1.54, 1.807) is 0 Å². The van der Waals surface area contributed by atoms with Gasteiger partial charge in [-0.1, -0.05) is 0 Å². The molecule has 1 aliphatic rings. The number of hydrogen-bond acceptors (Lipinski definition) is 4. The number of aromatic nitrogens is 1. The largest absolute Gasteiger partial charge is 0.328 e. The SMILES string of the molecule is CN(C1CCC(N)CC1)S(=O)(=O)c1ncccc1F. The van der Waals surface area contributed by atoms with E-state index < -0.39 is 20.9 Å². The van der Waals surface area contributed by atoms with Gasteiger partial charge in [-0.2, -0.15) is 4.31 Å². The first-order valence-electron chi connectivity index (χ1n) is 6.27. The first-order chi connectivity index (χ1) is 8.93. The van der Waals surface area contributed by atoms with Gasteiger partial charge in [0.25, 0.3) is 10.0 Å². The molecule has 2 rings (SSSR count). The lowest BCUT2D eigenvalue weighted by molar-refractivity contribution is 0.267. The molecule has 1 fully saturated rings. The summed E-state index contributed by atoms with van der Waals surface area (Å²) in [4.78, 5) is 3.65. The van der Waals surface area contributed by atoms with Gasteiger partial charge in [-0.15, -0.1) is 0 Å². The molecule has 0 amide bonds. The molecule has 1 aliphatic carbocycles. The molecular weight excluding hydrogens is 269 g/mol. The smallest absolute Gasteiger partial charge is 0.263 e. The summed E-state index contributed by atoms with van der Waals surface area (Å²) in [5, 5.41) is -0.507. The van der Waals surface area contributed by atoms with E-state index in [0.717, 1.165) is 18.9 Å². The zero-order valence-corrected chi connectivity index (χ0v) is 11.6. The fourth-order valence-electron chi connectivity index (χ4n) is 2.36. The highest BCUT2D eigenvalue weighted by Crippen LogP contribution is 2.26. The van der Waals surface area contributed by atoms with E-state index in [1.807, 2.05) is 0 Å². The number of rotatable bonds is 3. The minimum atomic E-state index is -3.88. The van der Waals surface area contributed by atoms with Gasteiger partial charge in [-0.3, -0.25) is 0 Å². The molecule has 1 heterocycles. The summed E-state index contributed by atoms with van der Waals surface area (Å²) in [7, 11) is -2.40. The monoisotopic (exact) mass is 287 g/mol. The summed E-state index contributed by atoms with van der Waals surface area (Å²) in [5.41, 5.74) is 5.80. The van der Waals surface area contributed by atoms with E-state index in [-0.39, 0.29) is 12.1 Å². The zero-order chi connectivity index (χ0) is 14.0. The molecule has 1 saturated carbocycles. The zero-order valence-electron chi connectivity index (χ0n) is 10.8. The van der Waals surface area contributed by atoms with Crippen molar-refractivity contribution in [3.63, 3.8) is 0 Å². The van der Waals surface area contributed by atoms with E-state index in [9.17, 15) is 12.8 Å². The Morgan fingerprint density at radius 3 is 2.58 bits per heavy atom. The van der Waals surface area contributed by atoms with Crippen molar-refractivity contribution in [3.05, 3.63) is 24.1 Å². The van der Waals surface area contributed by atoms with Gasteiger partial charge >= 0.3 is 0 Å². The molecule has 0 aromatic carbocycles. The predicted octanol–water partition coefficient (Wildman–Crippen LogP) is 1.11. The van der Waals surface area contributed by atoms with E-state index in [0.29, 0.717) is 12.8 Å². The van der Waals surface area contributed by atoms with Crippen LogP contribution in [0.2, 0.25) is 0 Å². The van der Waals surface area contributed by atoms with Crippen molar-refractivity contribution < 1.29 is 12.8 Å². The standard InChI is InChI=1S/C12H18FN3O2S/c1-16(10-6-4-9(14)5-7-10)19(17,18)12-11(13)3-2-8-15-12/h2-3,8-10H,4-7,14H2,1H3. The third kappa shape index (κ3) is 2.93. The quantitative estimate of drug-likeness (QED) is 0.903. The Balaban J connectivity index is 2.23. The molecule has 0 bridgehead atoms. The van der Waals surface area contributed by atoms with Gasteiger partial charge in [-0.25, -0.2) is 17.8 Å². The van der Waals surface area contributed by atoms with Crippen LogP contribution in [0.3, 0.4) is 0 Å². The molecule has 0 aliphatic heterocycles. The fraction of sp³-hybridized carbons (Fsp3) is 0.583. The summed E-state index contributed by atoms with van der Waals surface area (Å²) < 4.78 is 39.5. The average Bonchev–Trinajstić information content (AvgIpc) is 2.39. The summed E-state index contributed by atoms with van der Waals surface area (Å²) in [6, 6.07) is 2.48. The molecule has 106 valence electrons. The van der Waals surface area contributed by atoms with Crippen LogP contribution in [0.25, 0.3) is 0 Å². The maximum absolute atomic E-state index is 13.6. The van der Waals surface area contributed by atoms with Crippen LogP contribution in [0.4, 0.5) is 4.39 Å². The Bertz CT molecular complexity index is 542. The van der Waals surface area contributed by atoms with Crippen LogP contribution < -0.4 is 5.73 Å². The lowest BCUT2D eigenvalue weighted by atomic mass is 9.92. The lowest BCUT2D eigenvalue weighted by Crippen LogP contribution is -2.42. The molecule has 19 heavy (non-hydrogen) atoms. The van der Waals surface area contributed by atoms with Crippen LogP contribution in [0.1, 0.15) is 25.7 Å². The minimum absolute atomic E-state index is 0.133. The highest BCUT2D eigenvalue weighted by Gasteiger charge is 2.33. The number of halogens is 1. The topological polar surface area (TPSA) is 76.3 Å². The molecule has 5 nitrogen and oxygen atoms in total. The second-order valence-corrected chi connectivity index (χ2v) is 6.79. The van der Waals surface area contributed by atoms with Gasteiger partial charge in [0.15, 0.2) is 5.82 Å². The highest BCUT2D eigenvalue weighted by molar-refractivity contribution is 7.89. The lowest BCUT2D eigenvalue weighted by Gasteiger charge is -2.32. The maximum atomic E-state index is 13.6. The van der Waals surface area contributed by atoms with Gasteiger partial charge in [0, 0.05) is 25.3 Å². The van der Waals surface area contributed by atoms with Gasteiger partial charge in [0.1, 0.15) is 0 Å². The van der Waals surface area contributed by atoms with Gasteiger partial charge in [-0.05, 0) is 37.8 Å². The Hall–Kier alpha value is -1.05. The van der Waals surface area contributed by atoms with E-state index in [2.05, 4.69) is 4.98 Å². The molecule has 0 unspecified atom stereocenters. The third-order valence-electron chi connectivity index (χ3n) is 3.60. The van der Waals surface area contributed by atoms with Crippen molar-refractivity contribution in [2.75, 3.05) is 7.05 Å². The predicted molar refractivity (Wildman–Crippen MR) is 69.4 cm³/mol. The van der Waals surface area contributed by atoms with Crippen molar-refractivity contribution >= 4 is 10.0 Å². The molecule has 0 atom stereocenters. The molecule has 0 saturated heterocycles. The molecular formula is C12H18FN3O2S. The van der Waals surface area contributed by atoms with E-state index in [1.165, 1.54) is 23.6 Å². The summed E-state index contributed by atoms with van der Waals surface area (Å²) in [6.45, 7) is 0. The van der Waals surface area contributed by atoms with Crippen LogP contribution in [0.15, 0.2) is 23.4 Å². The Kier molecular flexibility index (Phi) is 4.17. The van der Waals surface area contributed by atoms with Crippen molar-refractivity contribution in [3.8, 4) is 0 Å². The second kappa shape index (κ2) is 5.52. The molecule has 0 spiro atoms. The Labute approximate surface area is 112 Å². The molecule has 2 N–H and O–H groups in total. The van der Waals surface area contributed by atoms with Crippen molar-refractivity contribution in [1.82, 2.24) is 9.29 Å². The summed E-state index contributed by atoms with van der Waals surface area (Å²) in [5.74, 6) is -0.818. The van der Waals surface area contributed by atoms with Crippen LogP contribution in [-0.4, -0.2) is 36.8 Å². The number of sulfonamides is 1. The number of hydrogen-bond donors (Lipinski definition) is 1. The van der Waals surface area contributed by atoms with Crippen molar-refractivity contribution in [1.29, 1.82) is 0 Å². The Morgan fingerprint density at radius 2 is 2.00 bits per heavy atom. The van der Waals surface area contributed by atoms with Gasteiger partial charge in [0.05, 0.1) is 0 Å². The summed E-state index contributed by atoms with van der Waals surface area (Å²) >= 11 is 0. The van der Waals surface area contributed by atoms with E-state index in [4.69, 9.17) is 5.73 Å². The highest BCUT2D eigenvalue weighted by atomic mass is 32.2. The molecule has 1 aromatic heterocycles. The maximum Gasteiger partial charge on any atom is 0.263 e. The first-order valence-corrected chi connectivity index (χ1v) is 7.71. The van der Waals surface area contributed by atoms with Crippen molar-refractivity contribution in [2.45, 2.75) is 42.8 Å². The van der Waals surface area contributed by atoms with Crippen molar-refractivity contribution in [2.24, 2.45) is 5.73 Å². The number of nitrogens with two attached hydrogens (primary N) is 1. The normalized spacial score (nSPS) is 24.6. The average molecular weight is 287 g/mol. The number of nitrogens with zero attached hydrogens (tertiary/aromatic N) is 2. The van der Waals surface area contributed by atoms with Gasteiger partial charge < -0.3 is 5.73 Å². The van der Waals surface area contributed by atoms with Crippen LogP contribution in [0, 0.1) is 5.82 Å². The fourth-order valence-corrected chi connectivity index (χ4v) is 3.74. The molecule has 0 radical (unpaired) electrons. The minimum Gasteiger partial charge on any atom is -0.328 e. The second-order valence-electron chi connectivity index (χ2n) is 4.88. The van der Waals surface area contributed by atoms with Crippen LogP contribution >= 0.6 is 0 Å². The number of pyridine rings is 1. The summed E-state index contributed by atoms with van der Waals surface area (Å²) in [6.07, 6.45) is 4.25. The first kappa shape index (κ1) is 14.4. The van der Waals surface area contributed by atoms with Crippen LogP contribution in [-0.2, 0) is 10.0 Å². The van der Waals surface area contributed by atoms with Gasteiger partial charge in [0.2, 0.25) is 5.03 Å². The Morgan fingerprint density at radius 1 is 1.37 bits per heavy atom. The third-order valence-corrected chi connectivity index (χ3v) is 5.45. The van der Waals surface area contributed by atoms with Crippen LogP contribution in [0.5, 0.6) is 0 Å². The molecule has 1 aromatic rings. The van der Waals surface area contributed by atoms with E-state index >= 15 is 0 Å².